The Hall–Kier alpha value is -0.941. The van der Waals surface area contributed by atoms with Crippen molar-refractivity contribution in [2.75, 3.05) is 6.61 Å². The number of alkyl carbamates (subject to hydrolysis) is 1. The third-order valence-corrected chi connectivity index (χ3v) is 0.684. The van der Waals surface area contributed by atoms with E-state index in [-0.39, 0.29) is 21.4 Å². The number of hydrogen-bond donors (Lipinski definition) is 1. The van der Waals surface area contributed by atoms with E-state index in [1.807, 2.05) is 0 Å². The molecule has 0 spiro atoms. The van der Waals surface area contributed by atoms with E-state index in [1.165, 1.54) is 0 Å². The van der Waals surface area contributed by atoms with Gasteiger partial charge in [-0.15, -0.1) is 0 Å². The number of rotatable bonds is 1. The summed E-state index contributed by atoms with van der Waals surface area (Å²) in [6.45, 7) is 20.0. The zero-order valence-electron chi connectivity index (χ0n) is 8.85. The van der Waals surface area contributed by atoms with E-state index in [0.29, 0.717) is 6.61 Å². The standard InChI is InChI=1S/C4H7NO2S2.4CO.Mn/c1-2-7-3(6)5-4(8)9;4*1-2;/h2H2,1H3,(H2,5,6,8,9);;;;;/p-1. The molecular weight excluding hydrogens is 325 g/mol. The summed E-state index contributed by atoms with van der Waals surface area (Å²) in [4.78, 5) is 10.4. The molecule has 18 heavy (non-hydrogen) atoms. The molecule has 0 aliphatic carbocycles. The van der Waals surface area contributed by atoms with E-state index in [4.69, 9.17) is 18.6 Å². The van der Waals surface area contributed by atoms with Crippen LogP contribution < -0.4 is 5.32 Å². The minimum atomic E-state index is -0.586. The molecule has 0 unspecified atom stereocenters. The van der Waals surface area contributed by atoms with E-state index in [2.05, 4.69) is 61.5 Å². The quantitative estimate of drug-likeness (QED) is 0.246. The van der Waals surface area contributed by atoms with Gasteiger partial charge in [0.05, 0.1) is 6.61 Å². The van der Waals surface area contributed by atoms with Crippen molar-refractivity contribution in [3.63, 3.8) is 0 Å². The van der Waals surface area contributed by atoms with E-state index in [0.717, 1.165) is 0 Å². The molecule has 1 radical (unpaired) electrons. The van der Waals surface area contributed by atoms with Crippen LogP contribution in [0.15, 0.2) is 0 Å². The predicted octanol–water partition coefficient (Wildman–Crippen LogP) is 0.412. The van der Waals surface area contributed by atoms with Gasteiger partial charge in [0.15, 0.2) is 0 Å². The second-order valence-corrected chi connectivity index (χ2v) is 2.21. The zero-order chi connectivity index (χ0) is 15.3. The van der Waals surface area contributed by atoms with Crippen LogP contribution in [0.2, 0.25) is 0 Å². The van der Waals surface area contributed by atoms with Gasteiger partial charge in [-0.25, -0.2) is 4.79 Å². The van der Waals surface area contributed by atoms with Gasteiger partial charge in [0.2, 0.25) is 0 Å². The van der Waals surface area contributed by atoms with Gasteiger partial charge >= 0.3 is 51.3 Å². The Morgan fingerprint density at radius 3 is 1.61 bits per heavy atom. The van der Waals surface area contributed by atoms with Gasteiger partial charge in [-0.3, -0.25) is 0 Å². The third-order valence-electron chi connectivity index (χ3n) is 0.480. The van der Waals surface area contributed by atoms with Gasteiger partial charge in [-0.1, -0.05) is 4.32 Å². The van der Waals surface area contributed by atoms with Crippen molar-refractivity contribution >= 4 is 35.3 Å². The van der Waals surface area contributed by atoms with Crippen molar-refractivity contribution in [3.05, 3.63) is 26.6 Å². The Morgan fingerprint density at radius 1 is 1.17 bits per heavy atom. The number of hydrogen-bond acceptors (Lipinski definition) is 4. The molecule has 0 saturated carbocycles. The second kappa shape index (κ2) is 56.1. The molecule has 99 valence electrons. The molecule has 0 aromatic carbocycles. The van der Waals surface area contributed by atoms with Crippen LogP contribution in [0.1, 0.15) is 6.92 Å². The summed E-state index contributed by atoms with van der Waals surface area (Å²) in [5.41, 5.74) is 0. The minimum absolute atomic E-state index is 0. The van der Waals surface area contributed by atoms with Crippen LogP contribution in [-0.4, -0.2) is 17.0 Å². The summed E-state index contributed by atoms with van der Waals surface area (Å²) in [7, 11) is 0. The average Bonchev–Trinajstić information content (AvgIpc) is 2.38. The Bertz CT molecular complexity index is 239. The summed E-state index contributed by atoms with van der Waals surface area (Å²) in [5.74, 6) is 0. The van der Waals surface area contributed by atoms with Crippen LogP contribution in [-0.2, 0) is 53.0 Å². The van der Waals surface area contributed by atoms with Crippen LogP contribution in [0, 0.1) is 26.6 Å². The molecule has 0 aliphatic rings. The van der Waals surface area contributed by atoms with Crippen molar-refractivity contribution in [1.29, 1.82) is 0 Å². The van der Waals surface area contributed by atoms with Gasteiger partial charge in [-0.2, -0.15) is 0 Å². The van der Waals surface area contributed by atoms with Crippen molar-refractivity contribution in [2.45, 2.75) is 6.92 Å². The second-order valence-electron chi connectivity index (χ2n) is 1.13. The van der Waals surface area contributed by atoms with E-state index in [9.17, 15) is 4.79 Å². The van der Waals surface area contributed by atoms with Crippen molar-refractivity contribution in [3.8, 4) is 0 Å². The first-order valence-corrected chi connectivity index (χ1v) is 3.95. The molecule has 0 fully saturated rings. The molecule has 0 aromatic rings. The Balaban J connectivity index is -0.0000000342. The fourth-order valence-corrected chi connectivity index (χ4v) is 0.417. The zero-order valence-corrected chi connectivity index (χ0v) is 11.7. The summed E-state index contributed by atoms with van der Waals surface area (Å²) < 4.78 is 34.5. The number of amides is 1. The normalized spacial score (nSPS) is 4.50. The Morgan fingerprint density at radius 2 is 1.44 bits per heavy atom. The van der Waals surface area contributed by atoms with Gasteiger partial charge in [0, 0.05) is 17.1 Å². The van der Waals surface area contributed by atoms with E-state index < -0.39 is 6.09 Å². The van der Waals surface area contributed by atoms with Crippen LogP contribution in [0.5, 0.6) is 0 Å². The topological polar surface area (TPSA) is 118 Å². The van der Waals surface area contributed by atoms with E-state index >= 15 is 0 Å². The third kappa shape index (κ3) is 81.1. The van der Waals surface area contributed by atoms with Crippen molar-refractivity contribution in [1.82, 2.24) is 5.32 Å². The fraction of sp³-hybridized carbons (Fsp3) is 0.250. The molecule has 0 heterocycles. The summed E-state index contributed by atoms with van der Waals surface area (Å²) in [6, 6.07) is 0. The minimum Gasteiger partial charge on any atom is 0 e. The van der Waals surface area contributed by atoms with Gasteiger partial charge in [0.25, 0.3) is 0 Å². The average molecular weight is 331 g/mol. The number of carbonyl (C=O) groups excluding carboxylic acids is 1. The van der Waals surface area contributed by atoms with Gasteiger partial charge < -0.3 is 34.9 Å². The molecule has 0 aliphatic heterocycles. The first kappa shape index (κ1) is 36.0. The molecule has 7 nitrogen and oxygen atoms in total. The largest absolute Gasteiger partial charge is 0 e. The van der Waals surface area contributed by atoms with Gasteiger partial charge in [0.1, 0.15) is 0 Å². The van der Waals surface area contributed by atoms with E-state index in [1.54, 1.807) is 6.92 Å². The molecule has 10 heteroatoms. The molecule has 0 aromatic heterocycles. The van der Waals surface area contributed by atoms with Gasteiger partial charge in [-0.05, 0) is 6.92 Å². The molecular formula is C8H6MnNO6S2-. The predicted molar refractivity (Wildman–Crippen MR) is 55.8 cm³/mol. The molecule has 0 rings (SSSR count). The molecule has 0 saturated heterocycles. The maximum Gasteiger partial charge on any atom is 0 e. The first-order valence-electron chi connectivity index (χ1n) is 3.13. The molecule has 0 atom stereocenters. The van der Waals surface area contributed by atoms with Crippen molar-refractivity contribution < 1.29 is 45.2 Å². The summed E-state index contributed by atoms with van der Waals surface area (Å²) in [5, 5.41) is 2.13. The number of carbonyl (C=O) groups is 1. The maximum absolute atomic E-state index is 10.4. The van der Waals surface area contributed by atoms with Crippen LogP contribution in [0.4, 0.5) is 4.79 Å². The SMILES string of the molecule is CCOC(=O)NC(=S)[S-].[C-]#[O+].[C-]#[O+].[C-]#[O+].[C-]#[O+].[Mn]. The monoisotopic (exact) mass is 331 g/mol. The van der Waals surface area contributed by atoms with Crippen LogP contribution in [0.25, 0.3) is 0 Å². The fourth-order valence-electron chi connectivity index (χ4n) is 0.251. The molecule has 1 N–H and O–H groups in total. The summed E-state index contributed by atoms with van der Waals surface area (Å²) in [6.07, 6.45) is -0.586. The number of nitrogens with one attached hydrogen (secondary N) is 1. The van der Waals surface area contributed by atoms with Crippen LogP contribution >= 0.6 is 12.2 Å². The Labute approximate surface area is 126 Å². The van der Waals surface area contributed by atoms with Crippen LogP contribution in [0.3, 0.4) is 0 Å². The number of ether oxygens (including phenoxy) is 1. The molecule has 1 amide bonds. The summed E-state index contributed by atoms with van der Waals surface area (Å²) >= 11 is 8.78. The van der Waals surface area contributed by atoms with Crippen molar-refractivity contribution in [2.24, 2.45) is 0 Å². The molecule has 0 bridgehead atoms. The maximum atomic E-state index is 10.4. The Kier molecular flexibility index (Phi) is 112. The smallest absolute Gasteiger partial charge is 0 e. The number of thiocarbonyl (C=S) groups is 1. The first-order chi connectivity index (χ1) is 8.16.